The van der Waals surface area contributed by atoms with Gasteiger partial charge in [-0.05, 0) is 48.9 Å². The Hall–Kier alpha value is -3.65. The van der Waals surface area contributed by atoms with E-state index in [4.69, 9.17) is 19.7 Å². The summed E-state index contributed by atoms with van der Waals surface area (Å²) in [7, 11) is 0. The number of amides is 1. The number of ketones is 1. The van der Waals surface area contributed by atoms with E-state index in [1.807, 2.05) is 0 Å². The van der Waals surface area contributed by atoms with E-state index in [0.29, 0.717) is 22.6 Å². The summed E-state index contributed by atoms with van der Waals surface area (Å²) in [4.78, 5) is 34.7. The Balaban J connectivity index is 2.16. The minimum atomic E-state index is -1.10. The van der Waals surface area contributed by atoms with Crippen molar-refractivity contribution < 1.29 is 34.1 Å². The molecule has 8 heteroatoms. The summed E-state index contributed by atoms with van der Waals surface area (Å²) >= 11 is 0. The second-order valence-corrected chi connectivity index (χ2v) is 6.78. The number of ether oxygens (including phenoxy) is 2. The molecule has 2 atom stereocenters. The van der Waals surface area contributed by atoms with Crippen molar-refractivity contribution in [1.29, 1.82) is 0 Å². The van der Waals surface area contributed by atoms with Gasteiger partial charge in [-0.15, -0.1) is 0 Å². The fraction of sp³-hybridized carbons (Fsp3) is 0.261. The van der Waals surface area contributed by atoms with Crippen LogP contribution >= 0.6 is 0 Å². The molecule has 0 aliphatic carbocycles. The molecule has 0 spiro atoms. The zero-order valence-electron chi connectivity index (χ0n) is 17.3. The van der Waals surface area contributed by atoms with Gasteiger partial charge >= 0.3 is 12.1 Å². The van der Waals surface area contributed by atoms with E-state index in [1.54, 1.807) is 55.5 Å². The van der Waals surface area contributed by atoms with Crippen molar-refractivity contribution in [2.75, 3.05) is 18.5 Å². The maximum absolute atomic E-state index is 12.5. The lowest BCUT2D eigenvalue weighted by Gasteiger charge is -2.23. The number of hydrogen-bond acceptors (Lipinski definition) is 6. The average molecular weight is 427 g/mol. The van der Waals surface area contributed by atoms with Crippen LogP contribution in [0.25, 0.3) is 0 Å². The van der Waals surface area contributed by atoms with Crippen LogP contribution in [-0.2, 0) is 9.53 Å². The Morgan fingerprint density at radius 2 is 1.71 bits per heavy atom. The molecule has 0 aromatic heterocycles. The van der Waals surface area contributed by atoms with Gasteiger partial charge in [0.2, 0.25) is 0 Å². The number of rotatable bonds is 10. The van der Waals surface area contributed by atoms with Crippen molar-refractivity contribution in [3.63, 3.8) is 0 Å². The topological polar surface area (TPSA) is 122 Å². The van der Waals surface area contributed by atoms with E-state index in [9.17, 15) is 14.4 Å². The zero-order valence-corrected chi connectivity index (χ0v) is 17.3. The van der Waals surface area contributed by atoms with Crippen LogP contribution in [0.4, 0.5) is 10.5 Å². The lowest BCUT2D eigenvalue weighted by molar-refractivity contribution is -0.131. The van der Waals surface area contributed by atoms with Crippen LogP contribution in [0.3, 0.4) is 0 Å². The molecule has 0 radical (unpaired) electrons. The number of carbonyl (C=O) groups excluding carboxylic acids is 2. The molecular formula is C23H25NO7. The quantitative estimate of drug-likeness (QED) is 0.389. The third-order valence-electron chi connectivity index (χ3n) is 4.36. The van der Waals surface area contributed by atoms with Crippen molar-refractivity contribution in [3.8, 4) is 5.75 Å². The fourth-order valence-electron chi connectivity index (χ4n) is 2.78. The van der Waals surface area contributed by atoms with Crippen LogP contribution in [0.1, 0.15) is 35.9 Å². The zero-order chi connectivity index (χ0) is 22.8. The van der Waals surface area contributed by atoms with E-state index in [1.165, 1.54) is 13.0 Å². The van der Waals surface area contributed by atoms with Crippen LogP contribution < -0.4 is 10.1 Å². The van der Waals surface area contributed by atoms with E-state index in [2.05, 4.69) is 5.32 Å². The highest BCUT2D eigenvalue weighted by molar-refractivity contribution is 5.95. The lowest BCUT2D eigenvalue weighted by atomic mass is 9.96. The summed E-state index contributed by atoms with van der Waals surface area (Å²) in [6.07, 6.45) is 0.951. The molecule has 2 aromatic rings. The first-order valence-corrected chi connectivity index (χ1v) is 9.63. The number of anilines is 1. The van der Waals surface area contributed by atoms with Gasteiger partial charge in [0.1, 0.15) is 18.5 Å². The summed E-state index contributed by atoms with van der Waals surface area (Å²) < 4.78 is 10.9. The second kappa shape index (κ2) is 11.5. The molecule has 0 saturated heterocycles. The fourth-order valence-corrected chi connectivity index (χ4v) is 2.78. The average Bonchev–Trinajstić information content (AvgIpc) is 2.75. The minimum absolute atomic E-state index is 0.0837. The molecule has 3 N–H and O–H groups in total. The third kappa shape index (κ3) is 7.60. The van der Waals surface area contributed by atoms with Gasteiger partial charge < -0.3 is 19.7 Å². The number of carbonyl (C=O) groups is 3. The second-order valence-electron chi connectivity index (χ2n) is 6.78. The van der Waals surface area contributed by atoms with Crippen LogP contribution in [0.15, 0.2) is 60.7 Å². The molecule has 2 rings (SSSR count). The number of carboxylic acid groups (broad SMARTS) is 1. The molecule has 2 aromatic carbocycles. The van der Waals surface area contributed by atoms with Crippen molar-refractivity contribution in [2.45, 2.75) is 20.0 Å². The Labute approximate surface area is 180 Å². The number of aliphatic hydroxyl groups excluding tert-OH is 1. The summed E-state index contributed by atoms with van der Waals surface area (Å²) in [6, 6.07) is 13.1. The molecule has 0 fully saturated rings. The molecule has 31 heavy (non-hydrogen) atoms. The number of Topliss-reactive ketones (excluding diaryl/α,β-unsaturated/α-hetero) is 1. The number of benzene rings is 2. The number of aliphatic carboxylic acids is 1. The van der Waals surface area contributed by atoms with Crippen LogP contribution in [-0.4, -0.2) is 41.3 Å². The number of carboxylic acids is 1. The highest BCUT2D eigenvalue weighted by Crippen LogP contribution is 2.29. The third-order valence-corrected chi connectivity index (χ3v) is 4.36. The van der Waals surface area contributed by atoms with Crippen LogP contribution in [0.2, 0.25) is 0 Å². The van der Waals surface area contributed by atoms with Gasteiger partial charge in [0, 0.05) is 23.2 Å². The van der Waals surface area contributed by atoms with Crippen molar-refractivity contribution in [3.05, 3.63) is 71.8 Å². The molecule has 164 valence electrons. The van der Waals surface area contributed by atoms with Gasteiger partial charge in [-0.2, -0.15) is 0 Å². The minimum Gasteiger partial charge on any atom is -0.491 e. The number of hydrogen-bond donors (Lipinski definition) is 3. The summed E-state index contributed by atoms with van der Waals surface area (Å²) in [5.41, 5.74) is 1.61. The predicted molar refractivity (Wildman–Crippen MR) is 114 cm³/mol. The maximum Gasteiger partial charge on any atom is 0.412 e. The Kier molecular flexibility index (Phi) is 8.78. The van der Waals surface area contributed by atoms with Gasteiger partial charge in [0.15, 0.2) is 5.78 Å². The molecule has 0 heterocycles. The first kappa shape index (κ1) is 23.6. The monoisotopic (exact) mass is 427 g/mol. The highest BCUT2D eigenvalue weighted by Gasteiger charge is 2.22. The summed E-state index contributed by atoms with van der Waals surface area (Å²) in [5.74, 6) is -1.08. The number of nitrogens with one attached hydrogen (secondary N) is 1. The van der Waals surface area contributed by atoms with Gasteiger partial charge in [0.25, 0.3) is 0 Å². The van der Waals surface area contributed by atoms with Crippen molar-refractivity contribution in [1.82, 2.24) is 0 Å². The largest absolute Gasteiger partial charge is 0.491 e. The molecule has 0 bridgehead atoms. The first-order valence-electron chi connectivity index (χ1n) is 9.63. The Bertz CT molecular complexity index is 920. The molecule has 0 saturated carbocycles. The lowest BCUT2D eigenvalue weighted by Crippen LogP contribution is -2.21. The number of aliphatic hydroxyl groups is 1. The van der Waals surface area contributed by atoms with Gasteiger partial charge in [-0.3, -0.25) is 10.1 Å². The van der Waals surface area contributed by atoms with Gasteiger partial charge in [-0.1, -0.05) is 25.1 Å². The predicted octanol–water partition coefficient (Wildman–Crippen LogP) is 3.83. The highest BCUT2D eigenvalue weighted by atomic mass is 16.6. The molecule has 0 unspecified atom stereocenters. The molecule has 1 amide bonds. The van der Waals surface area contributed by atoms with Crippen LogP contribution in [0.5, 0.6) is 5.75 Å². The smallest absolute Gasteiger partial charge is 0.412 e. The Morgan fingerprint density at radius 1 is 1.06 bits per heavy atom. The molecule has 8 nitrogen and oxygen atoms in total. The van der Waals surface area contributed by atoms with Gasteiger partial charge in [0.05, 0.1) is 6.61 Å². The standard InChI is InChI=1S/C23H25NO7/c1-15(3-12-21(27)28)22(18-6-10-20(11-7-18)30-14-13-25)31-23(29)24-19-8-4-17(5-9-19)16(2)26/h3-12,15,22,25H,13-14H2,1-2H3,(H,24,29)(H,27,28)/b12-3+/t15-,22-/m1/s1. The van der Waals surface area contributed by atoms with E-state index < -0.39 is 24.1 Å². The van der Waals surface area contributed by atoms with E-state index >= 15 is 0 Å². The van der Waals surface area contributed by atoms with Crippen molar-refractivity contribution in [2.24, 2.45) is 5.92 Å². The molecule has 0 aliphatic heterocycles. The summed E-state index contributed by atoms with van der Waals surface area (Å²) in [6.45, 7) is 3.22. The SMILES string of the molecule is CC(=O)c1ccc(NC(=O)O[C@@H](c2ccc(OCCO)cc2)[C@H](C)/C=C/C(=O)O)cc1. The van der Waals surface area contributed by atoms with E-state index in [-0.39, 0.29) is 19.0 Å². The van der Waals surface area contributed by atoms with Crippen LogP contribution in [0, 0.1) is 5.92 Å². The first-order chi connectivity index (χ1) is 14.8. The maximum atomic E-state index is 12.5. The molecule has 0 aliphatic rings. The van der Waals surface area contributed by atoms with E-state index in [0.717, 1.165) is 6.08 Å². The van der Waals surface area contributed by atoms with Gasteiger partial charge in [-0.25, -0.2) is 9.59 Å². The Morgan fingerprint density at radius 3 is 2.26 bits per heavy atom. The summed E-state index contributed by atoms with van der Waals surface area (Å²) in [5, 5.41) is 20.4. The molecular weight excluding hydrogens is 402 g/mol. The normalized spacial score (nSPS) is 12.7. The van der Waals surface area contributed by atoms with Crippen molar-refractivity contribution >= 4 is 23.5 Å².